The number of carbonyl (C=O) groups excluding carboxylic acids is 2. The Morgan fingerprint density at radius 2 is 1.91 bits per heavy atom. The van der Waals surface area contributed by atoms with Gasteiger partial charge in [-0.25, -0.2) is 0 Å². The number of aldehydes is 1. The highest BCUT2D eigenvalue weighted by Crippen LogP contribution is 2.89. The Bertz CT molecular complexity index is 1460. The van der Waals surface area contributed by atoms with Crippen LogP contribution in [-0.2, 0) is 19.1 Å². The van der Waals surface area contributed by atoms with Gasteiger partial charge in [0.05, 0.1) is 24.7 Å². The predicted octanol–water partition coefficient (Wildman–Crippen LogP) is 6.93. The molecule has 12 atom stereocenters. The van der Waals surface area contributed by atoms with Crippen LogP contribution in [0.1, 0.15) is 84.3 Å². The van der Waals surface area contributed by atoms with Gasteiger partial charge in [0.15, 0.2) is 0 Å². The number of fused-ring (bicyclic) bond motifs is 5. The Kier molecular flexibility index (Phi) is 5.88. The van der Waals surface area contributed by atoms with Crippen molar-refractivity contribution in [1.29, 1.82) is 0 Å². The number of allylic oxidation sites excluding steroid dienone is 4. The molecule has 0 spiro atoms. The summed E-state index contributed by atoms with van der Waals surface area (Å²) in [7, 11) is 0. The number of aliphatic hydroxyl groups excluding tert-OH is 1. The third kappa shape index (κ3) is 3.42. The predicted molar refractivity (Wildman–Crippen MR) is 164 cm³/mol. The fourth-order valence-electron chi connectivity index (χ4n) is 12.3. The van der Waals surface area contributed by atoms with Crippen LogP contribution in [0.2, 0.25) is 0 Å². The van der Waals surface area contributed by atoms with E-state index in [4.69, 9.17) is 9.47 Å². The molecule has 8 rings (SSSR count). The summed E-state index contributed by atoms with van der Waals surface area (Å²) in [6.07, 6.45) is 16.1. The van der Waals surface area contributed by atoms with Gasteiger partial charge in [-0.3, -0.25) is 9.59 Å². The molecular formula is C38H46O5. The second-order valence-electron chi connectivity index (χ2n) is 16.0. The maximum atomic E-state index is 13.2. The zero-order valence-corrected chi connectivity index (χ0v) is 26.1. The molecule has 5 nitrogen and oxygen atoms in total. The summed E-state index contributed by atoms with van der Waals surface area (Å²) >= 11 is 0. The quantitative estimate of drug-likeness (QED) is 0.180. The smallest absolute Gasteiger partial charge is 0.309 e. The highest BCUT2D eigenvalue weighted by Gasteiger charge is 2.84. The van der Waals surface area contributed by atoms with Gasteiger partial charge in [0.25, 0.3) is 0 Å². The third-order valence-electron chi connectivity index (χ3n) is 14.5. The lowest BCUT2D eigenvalue weighted by Crippen LogP contribution is -2.64. The van der Waals surface area contributed by atoms with E-state index < -0.39 is 6.10 Å². The minimum absolute atomic E-state index is 0.0246. The van der Waals surface area contributed by atoms with E-state index in [1.165, 1.54) is 11.1 Å². The molecule has 0 amide bonds. The van der Waals surface area contributed by atoms with E-state index >= 15 is 0 Å². The Hall–Kier alpha value is -2.50. The first-order valence-corrected chi connectivity index (χ1v) is 16.6. The number of benzene rings is 1. The molecule has 0 unspecified atom stereocenters. The van der Waals surface area contributed by atoms with Crippen molar-refractivity contribution < 1.29 is 24.2 Å². The Morgan fingerprint density at radius 1 is 1.12 bits per heavy atom. The van der Waals surface area contributed by atoms with Gasteiger partial charge in [-0.2, -0.15) is 0 Å². The van der Waals surface area contributed by atoms with Crippen LogP contribution >= 0.6 is 0 Å². The minimum Gasteiger partial charge on any atom is -0.458 e. The van der Waals surface area contributed by atoms with Gasteiger partial charge in [-0.15, -0.1) is 0 Å². The van der Waals surface area contributed by atoms with Gasteiger partial charge < -0.3 is 14.6 Å². The lowest BCUT2D eigenvalue weighted by molar-refractivity contribution is -0.199. The SMILES string of the molecule is C/C(C=O)=C\[C@H]1C[C@@H]([C@@H]2CC[C@]34C[C@]23C=C[C@@H]2[C@@]3(C)CC=C5C[C@@H](c6ccccc6)OC[C@]5(C)[C@@H]3C[C@@H](O)[C@]24C)C(=O)O1. The number of rotatable bonds is 4. The van der Waals surface area contributed by atoms with Crippen molar-refractivity contribution in [2.75, 3.05) is 6.61 Å². The number of cyclic esters (lactones) is 1. The van der Waals surface area contributed by atoms with Crippen LogP contribution in [0.4, 0.5) is 0 Å². The summed E-state index contributed by atoms with van der Waals surface area (Å²) in [4.78, 5) is 24.4. The molecule has 228 valence electrons. The summed E-state index contributed by atoms with van der Waals surface area (Å²) in [6.45, 7) is 9.75. The van der Waals surface area contributed by atoms with Crippen LogP contribution < -0.4 is 0 Å². The van der Waals surface area contributed by atoms with E-state index in [1.807, 2.05) is 0 Å². The Balaban J connectivity index is 1.11. The first-order chi connectivity index (χ1) is 20.5. The lowest BCUT2D eigenvalue weighted by atomic mass is 9.38. The van der Waals surface area contributed by atoms with Crippen LogP contribution in [-0.4, -0.2) is 36.2 Å². The molecule has 7 aliphatic rings. The van der Waals surface area contributed by atoms with Crippen molar-refractivity contribution in [2.24, 2.45) is 50.7 Å². The van der Waals surface area contributed by atoms with Gasteiger partial charge in [0.1, 0.15) is 12.4 Å². The van der Waals surface area contributed by atoms with Crippen LogP contribution in [0, 0.1) is 50.7 Å². The number of carbonyl (C=O) groups is 2. The number of hydrogen-bond acceptors (Lipinski definition) is 5. The monoisotopic (exact) mass is 582 g/mol. The van der Waals surface area contributed by atoms with Gasteiger partial charge in [0, 0.05) is 17.3 Å². The molecule has 0 radical (unpaired) electrons. The van der Waals surface area contributed by atoms with E-state index in [0.717, 1.165) is 44.8 Å². The van der Waals surface area contributed by atoms with Gasteiger partial charge >= 0.3 is 5.97 Å². The number of esters is 1. The standard InChI is InChI=1S/C38H46O5/c1-23(20-39)16-26-18-27(33(41)43-26)28-11-15-38-21-37(28,38)14-12-30-34(2)13-10-25-17-29(24-8-6-5-7-9-24)42-22-35(25,3)31(34)19-32(40)36(30,38)4/h5-10,12,14,16,20,26-32,40H,11,13,15,17-19,21-22H2,1-4H3/b23-16+/t26-,27-,28-,29-,30+,31+,32+,34+,35-,36-,37+,38+/m0/s1. The molecule has 1 aromatic rings. The molecule has 2 aliphatic heterocycles. The van der Waals surface area contributed by atoms with E-state index in [-0.39, 0.29) is 63.0 Å². The summed E-state index contributed by atoms with van der Waals surface area (Å²) in [5.41, 5.74) is 3.07. The van der Waals surface area contributed by atoms with Gasteiger partial charge in [0.2, 0.25) is 0 Å². The van der Waals surface area contributed by atoms with Crippen molar-refractivity contribution in [1.82, 2.24) is 0 Å². The third-order valence-corrected chi connectivity index (χ3v) is 14.5. The first kappa shape index (κ1) is 28.0. The average molecular weight is 583 g/mol. The second kappa shape index (κ2) is 9.03. The molecule has 5 fully saturated rings. The molecular weight excluding hydrogens is 536 g/mol. The zero-order valence-electron chi connectivity index (χ0n) is 26.1. The average Bonchev–Trinajstić information content (AvgIpc) is 3.39. The van der Waals surface area contributed by atoms with E-state index in [0.29, 0.717) is 24.5 Å². The summed E-state index contributed by atoms with van der Waals surface area (Å²) < 4.78 is 12.4. The molecule has 5 heteroatoms. The zero-order chi connectivity index (χ0) is 30.0. The van der Waals surface area contributed by atoms with Crippen LogP contribution in [0.15, 0.2) is 65.8 Å². The van der Waals surface area contributed by atoms with Crippen LogP contribution in [0.25, 0.3) is 0 Å². The van der Waals surface area contributed by atoms with Crippen molar-refractivity contribution in [2.45, 2.75) is 91.0 Å². The highest BCUT2D eigenvalue weighted by molar-refractivity contribution is 5.77. The van der Waals surface area contributed by atoms with Crippen molar-refractivity contribution in [3.8, 4) is 0 Å². The molecule has 5 aliphatic carbocycles. The minimum atomic E-state index is -0.398. The molecule has 0 bridgehead atoms. The van der Waals surface area contributed by atoms with E-state index in [1.54, 1.807) is 13.0 Å². The maximum absolute atomic E-state index is 13.2. The molecule has 2 heterocycles. The number of ether oxygens (including phenoxy) is 2. The highest BCUT2D eigenvalue weighted by atomic mass is 16.5. The summed E-state index contributed by atoms with van der Waals surface area (Å²) in [6, 6.07) is 10.6. The number of hydrogen-bond donors (Lipinski definition) is 1. The van der Waals surface area contributed by atoms with E-state index in [2.05, 4.69) is 69.3 Å². The van der Waals surface area contributed by atoms with Crippen LogP contribution in [0.5, 0.6) is 0 Å². The summed E-state index contributed by atoms with van der Waals surface area (Å²) in [5.74, 6) is 0.593. The van der Waals surface area contributed by atoms with Crippen LogP contribution in [0.3, 0.4) is 0 Å². The van der Waals surface area contributed by atoms with Crippen molar-refractivity contribution in [3.05, 3.63) is 71.3 Å². The topological polar surface area (TPSA) is 72.8 Å². The molecule has 1 aromatic carbocycles. The second-order valence-corrected chi connectivity index (χ2v) is 16.0. The molecule has 1 N–H and O–H groups in total. The van der Waals surface area contributed by atoms with Crippen molar-refractivity contribution >= 4 is 12.3 Å². The largest absolute Gasteiger partial charge is 0.458 e. The normalized spacial score (nSPS) is 51.3. The van der Waals surface area contributed by atoms with Gasteiger partial charge in [-0.05, 0) is 96.7 Å². The maximum Gasteiger partial charge on any atom is 0.309 e. The molecule has 3 saturated carbocycles. The lowest BCUT2D eigenvalue weighted by Gasteiger charge is -2.67. The Labute approximate surface area is 255 Å². The van der Waals surface area contributed by atoms with Gasteiger partial charge in [-0.1, -0.05) is 74.9 Å². The summed E-state index contributed by atoms with van der Waals surface area (Å²) in [5, 5.41) is 12.3. The molecule has 2 saturated heterocycles. The fourth-order valence-corrected chi connectivity index (χ4v) is 12.3. The van der Waals surface area contributed by atoms with E-state index in [9.17, 15) is 14.7 Å². The van der Waals surface area contributed by atoms with Crippen molar-refractivity contribution in [3.63, 3.8) is 0 Å². The molecule has 43 heavy (non-hydrogen) atoms. The molecule has 0 aromatic heterocycles. The Morgan fingerprint density at radius 3 is 2.67 bits per heavy atom. The number of aliphatic hydroxyl groups is 1. The fraction of sp³-hybridized carbons (Fsp3) is 0.632. The first-order valence-electron chi connectivity index (χ1n) is 16.6.